The Morgan fingerprint density at radius 3 is 2.72 bits per heavy atom. The lowest BCUT2D eigenvalue weighted by atomic mass is 10.1. The van der Waals surface area contributed by atoms with E-state index in [1.54, 1.807) is 7.11 Å². The lowest BCUT2D eigenvalue weighted by Crippen LogP contribution is -2.47. The van der Waals surface area contributed by atoms with E-state index in [4.69, 9.17) is 10.5 Å². The zero-order chi connectivity index (χ0) is 13.4. The molecule has 1 aliphatic rings. The highest BCUT2D eigenvalue weighted by Gasteiger charge is 2.19. The summed E-state index contributed by atoms with van der Waals surface area (Å²) in [6, 6.07) is 0.449. The number of hydrogen-bond acceptors (Lipinski definition) is 4. The van der Waals surface area contributed by atoms with Gasteiger partial charge < -0.3 is 15.8 Å². The summed E-state index contributed by atoms with van der Waals surface area (Å²) in [6.45, 7) is 5.04. The average Bonchev–Trinajstić information content (AvgIpc) is 2.33. The third-order valence-electron chi connectivity index (χ3n) is 3.37. The first-order valence-electron chi connectivity index (χ1n) is 6.92. The molecule has 3 N–H and O–H groups in total. The first kappa shape index (κ1) is 15.4. The fourth-order valence-corrected chi connectivity index (χ4v) is 2.33. The van der Waals surface area contributed by atoms with Crippen molar-refractivity contribution in [2.75, 3.05) is 33.4 Å². The quantitative estimate of drug-likeness (QED) is 0.690. The zero-order valence-electron chi connectivity index (χ0n) is 11.7. The smallest absolute Gasteiger partial charge is 0.234 e. The van der Waals surface area contributed by atoms with Crippen LogP contribution in [0.1, 0.15) is 32.6 Å². The number of ether oxygens (including phenoxy) is 1. The maximum Gasteiger partial charge on any atom is 0.234 e. The number of amides is 1. The van der Waals surface area contributed by atoms with E-state index in [0.29, 0.717) is 19.2 Å². The van der Waals surface area contributed by atoms with Crippen LogP contribution in [0.2, 0.25) is 0 Å². The molecule has 0 aliphatic carbocycles. The number of rotatable bonds is 7. The minimum atomic E-state index is 0.0981. The molecule has 1 unspecified atom stereocenters. The number of nitrogens with one attached hydrogen (secondary N) is 1. The second kappa shape index (κ2) is 8.45. The van der Waals surface area contributed by atoms with Crippen LogP contribution in [0.4, 0.5) is 0 Å². The molecule has 0 aromatic heterocycles. The molecule has 1 rings (SSSR count). The van der Waals surface area contributed by atoms with Gasteiger partial charge in [-0.2, -0.15) is 0 Å². The van der Waals surface area contributed by atoms with Gasteiger partial charge in [-0.25, -0.2) is 0 Å². The fraction of sp³-hybridized carbons (Fsp3) is 0.923. The summed E-state index contributed by atoms with van der Waals surface area (Å²) in [4.78, 5) is 14.1. The Balaban J connectivity index is 2.26. The van der Waals surface area contributed by atoms with E-state index in [9.17, 15) is 4.79 Å². The van der Waals surface area contributed by atoms with E-state index in [2.05, 4.69) is 17.1 Å². The Morgan fingerprint density at radius 2 is 2.17 bits per heavy atom. The predicted molar refractivity (Wildman–Crippen MR) is 72.4 cm³/mol. The van der Waals surface area contributed by atoms with Crippen molar-refractivity contribution >= 4 is 5.91 Å². The normalized spacial score (nSPS) is 19.7. The van der Waals surface area contributed by atoms with Gasteiger partial charge in [-0.1, -0.05) is 13.3 Å². The third-order valence-corrected chi connectivity index (χ3v) is 3.37. The zero-order valence-corrected chi connectivity index (χ0v) is 11.7. The second-order valence-corrected chi connectivity index (χ2v) is 5.12. The Hall–Kier alpha value is -0.650. The molecule has 1 heterocycles. The predicted octanol–water partition coefficient (Wildman–Crippen LogP) is 0.341. The first-order valence-corrected chi connectivity index (χ1v) is 6.92. The molecule has 1 amide bonds. The molecule has 1 aliphatic heterocycles. The molecule has 0 spiro atoms. The van der Waals surface area contributed by atoms with Crippen LogP contribution in [-0.2, 0) is 9.53 Å². The van der Waals surface area contributed by atoms with E-state index >= 15 is 0 Å². The molecule has 5 heteroatoms. The highest BCUT2D eigenvalue weighted by Crippen LogP contribution is 2.07. The molecule has 0 bridgehead atoms. The molecule has 18 heavy (non-hydrogen) atoms. The Labute approximate surface area is 110 Å². The maximum atomic E-state index is 11.9. The molecule has 0 aromatic carbocycles. The van der Waals surface area contributed by atoms with Crippen molar-refractivity contribution in [2.24, 2.45) is 5.73 Å². The van der Waals surface area contributed by atoms with Crippen LogP contribution in [0.3, 0.4) is 0 Å². The number of carbonyl (C=O) groups excluding carboxylic acids is 1. The molecule has 1 saturated heterocycles. The maximum absolute atomic E-state index is 11.9. The van der Waals surface area contributed by atoms with Gasteiger partial charge in [0.15, 0.2) is 0 Å². The molecule has 1 atom stereocenters. The van der Waals surface area contributed by atoms with E-state index < -0.39 is 0 Å². The van der Waals surface area contributed by atoms with Crippen molar-refractivity contribution in [3.8, 4) is 0 Å². The van der Waals surface area contributed by atoms with Gasteiger partial charge in [-0.3, -0.25) is 9.69 Å². The lowest BCUT2D eigenvalue weighted by Gasteiger charge is -2.30. The number of carbonyl (C=O) groups is 1. The largest absolute Gasteiger partial charge is 0.383 e. The van der Waals surface area contributed by atoms with Crippen LogP contribution >= 0.6 is 0 Å². The van der Waals surface area contributed by atoms with Gasteiger partial charge in [-0.15, -0.1) is 0 Å². The highest BCUT2D eigenvalue weighted by atomic mass is 16.5. The molecule has 0 aromatic rings. The van der Waals surface area contributed by atoms with E-state index in [1.807, 2.05) is 0 Å². The summed E-state index contributed by atoms with van der Waals surface area (Å²) < 4.78 is 5.12. The van der Waals surface area contributed by atoms with Crippen LogP contribution in [0.25, 0.3) is 0 Å². The average molecular weight is 257 g/mol. The summed E-state index contributed by atoms with van der Waals surface area (Å²) in [5.74, 6) is 0.0981. The van der Waals surface area contributed by atoms with Crippen LogP contribution < -0.4 is 11.1 Å². The van der Waals surface area contributed by atoms with Crippen LogP contribution in [0, 0.1) is 0 Å². The van der Waals surface area contributed by atoms with Crippen LogP contribution in [0.5, 0.6) is 0 Å². The van der Waals surface area contributed by atoms with Crippen LogP contribution in [0.15, 0.2) is 0 Å². The number of nitrogens with zero attached hydrogens (tertiary/aromatic N) is 1. The minimum absolute atomic E-state index is 0.0981. The summed E-state index contributed by atoms with van der Waals surface area (Å²) in [7, 11) is 1.67. The minimum Gasteiger partial charge on any atom is -0.383 e. The first-order chi connectivity index (χ1) is 8.65. The van der Waals surface area contributed by atoms with Crippen molar-refractivity contribution in [3.63, 3.8) is 0 Å². The number of likely N-dealkylation sites (tertiary alicyclic amines) is 1. The van der Waals surface area contributed by atoms with Crippen molar-refractivity contribution in [1.29, 1.82) is 0 Å². The SMILES string of the molecule is CCCC(COC)NC(=O)CN1CCC(N)CC1. The number of nitrogens with two attached hydrogens (primary N) is 1. The van der Waals surface area contributed by atoms with Crippen LogP contribution in [-0.4, -0.2) is 56.2 Å². The highest BCUT2D eigenvalue weighted by molar-refractivity contribution is 5.78. The lowest BCUT2D eigenvalue weighted by molar-refractivity contribution is -0.123. The van der Waals surface area contributed by atoms with Crippen molar-refractivity contribution < 1.29 is 9.53 Å². The summed E-state index contributed by atoms with van der Waals surface area (Å²) >= 11 is 0. The van der Waals surface area contributed by atoms with Gasteiger partial charge in [0.2, 0.25) is 5.91 Å². The number of hydrogen-bond donors (Lipinski definition) is 2. The van der Waals surface area contributed by atoms with E-state index in [0.717, 1.165) is 38.8 Å². The Bertz CT molecular complexity index is 234. The molecule has 1 fully saturated rings. The molecular weight excluding hydrogens is 230 g/mol. The third kappa shape index (κ3) is 5.80. The second-order valence-electron chi connectivity index (χ2n) is 5.12. The number of piperidine rings is 1. The fourth-order valence-electron chi connectivity index (χ4n) is 2.33. The standard InChI is InChI=1S/C13H27N3O2/c1-3-4-12(10-18-2)15-13(17)9-16-7-5-11(14)6-8-16/h11-12H,3-10,14H2,1-2H3,(H,15,17). The number of methoxy groups -OCH3 is 1. The van der Waals surface area contributed by atoms with Gasteiger partial charge in [0.1, 0.15) is 0 Å². The van der Waals surface area contributed by atoms with Gasteiger partial charge in [0.05, 0.1) is 19.2 Å². The van der Waals surface area contributed by atoms with Crippen molar-refractivity contribution in [1.82, 2.24) is 10.2 Å². The monoisotopic (exact) mass is 257 g/mol. The van der Waals surface area contributed by atoms with Crippen molar-refractivity contribution in [3.05, 3.63) is 0 Å². The molecule has 5 nitrogen and oxygen atoms in total. The molecule has 0 radical (unpaired) electrons. The van der Waals surface area contributed by atoms with Gasteiger partial charge in [0, 0.05) is 26.2 Å². The summed E-state index contributed by atoms with van der Waals surface area (Å²) in [6.07, 6.45) is 3.99. The van der Waals surface area contributed by atoms with Gasteiger partial charge in [0.25, 0.3) is 0 Å². The van der Waals surface area contributed by atoms with Crippen molar-refractivity contribution in [2.45, 2.75) is 44.7 Å². The summed E-state index contributed by atoms with van der Waals surface area (Å²) in [5, 5.41) is 3.04. The topological polar surface area (TPSA) is 67.6 Å². The van der Waals surface area contributed by atoms with E-state index in [-0.39, 0.29) is 11.9 Å². The van der Waals surface area contributed by atoms with Gasteiger partial charge >= 0.3 is 0 Å². The molecule has 106 valence electrons. The summed E-state index contributed by atoms with van der Waals surface area (Å²) in [5.41, 5.74) is 5.84. The molecule has 0 saturated carbocycles. The Kier molecular flexibility index (Phi) is 7.23. The van der Waals surface area contributed by atoms with E-state index in [1.165, 1.54) is 0 Å². The van der Waals surface area contributed by atoms with Gasteiger partial charge in [-0.05, 0) is 19.3 Å². The molecular formula is C13H27N3O2. The Morgan fingerprint density at radius 1 is 1.50 bits per heavy atom.